The number of hydrogen-bond donors (Lipinski definition) is 2. The largest absolute Gasteiger partial charge is 0.320 e. The first-order valence-electron chi connectivity index (χ1n) is 5.76. The zero-order valence-electron chi connectivity index (χ0n) is 9.60. The zero-order chi connectivity index (χ0) is 13.1. The summed E-state index contributed by atoms with van der Waals surface area (Å²) in [5, 5.41) is 5.33. The van der Waals surface area contributed by atoms with Crippen molar-refractivity contribution >= 4 is 27.5 Å². The van der Waals surface area contributed by atoms with Crippen molar-refractivity contribution in [2.45, 2.75) is 25.3 Å². The van der Waals surface area contributed by atoms with Crippen LogP contribution in [0.5, 0.6) is 0 Å². The van der Waals surface area contributed by atoms with Gasteiger partial charge in [-0.25, -0.2) is 8.78 Å². The van der Waals surface area contributed by atoms with Crippen molar-refractivity contribution in [2.75, 3.05) is 11.9 Å². The molecule has 0 aromatic heterocycles. The van der Waals surface area contributed by atoms with Gasteiger partial charge in [0.15, 0.2) is 11.6 Å². The summed E-state index contributed by atoms with van der Waals surface area (Å²) in [7, 11) is 0. The maximum atomic E-state index is 13.5. The van der Waals surface area contributed by atoms with Crippen LogP contribution < -0.4 is 10.6 Å². The topological polar surface area (TPSA) is 41.1 Å². The lowest BCUT2D eigenvalue weighted by molar-refractivity contribution is -0.118. The van der Waals surface area contributed by atoms with Crippen molar-refractivity contribution in [1.82, 2.24) is 5.32 Å². The van der Waals surface area contributed by atoms with Crippen LogP contribution in [-0.2, 0) is 4.79 Å². The molecule has 1 saturated heterocycles. The normalized spacial score (nSPS) is 19.6. The molecule has 1 aromatic rings. The Labute approximate surface area is 112 Å². The number of hydrogen-bond acceptors (Lipinski definition) is 2. The first kappa shape index (κ1) is 13.4. The van der Waals surface area contributed by atoms with Gasteiger partial charge in [0.25, 0.3) is 0 Å². The van der Waals surface area contributed by atoms with Gasteiger partial charge in [-0.1, -0.05) is 22.4 Å². The van der Waals surface area contributed by atoms with Crippen LogP contribution >= 0.6 is 15.9 Å². The van der Waals surface area contributed by atoms with Crippen LogP contribution in [0.3, 0.4) is 0 Å². The Morgan fingerprint density at radius 3 is 2.56 bits per heavy atom. The second-order valence-electron chi connectivity index (χ2n) is 4.24. The summed E-state index contributed by atoms with van der Waals surface area (Å²) in [5.41, 5.74) is -0.393. The monoisotopic (exact) mass is 318 g/mol. The number of anilines is 1. The Balaban J connectivity index is 2.11. The van der Waals surface area contributed by atoms with Crippen molar-refractivity contribution in [3.05, 3.63) is 28.2 Å². The number of piperidine rings is 1. The van der Waals surface area contributed by atoms with Crippen molar-refractivity contribution in [2.24, 2.45) is 0 Å². The molecule has 1 aliphatic heterocycles. The number of rotatable bonds is 2. The summed E-state index contributed by atoms with van der Waals surface area (Å²) in [6.45, 7) is 0.753. The second-order valence-corrected chi connectivity index (χ2v) is 5.15. The summed E-state index contributed by atoms with van der Waals surface area (Å²) in [5.74, 6) is -1.97. The average molecular weight is 319 g/mol. The van der Waals surface area contributed by atoms with E-state index in [-0.39, 0.29) is 6.04 Å². The highest BCUT2D eigenvalue weighted by Gasteiger charge is 2.22. The van der Waals surface area contributed by atoms with Gasteiger partial charge in [0, 0.05) is 4.47 Å². The van der Waals surface area contributed by atoms with Crippen molar-refractivity contribution in [1.29, 1.82) is 0 Å². The van der Waals surface area contributed by atoms with Crippen LogP contribution in [0.2, 0.25) is 0 Å². The fraction of sp³-hybridized carbons (Fsp3) is 0.417. The lowest BCUT2D eigenvalue weighted by atomic mass is 10.0. The third-order valence-electron chi connectivity index (χ3n) is 2.88. The molecule has 0 bridgehead atoms. The van der Waals surface area contributed by atoms with Crippen LogP contribution in [0, 0.1) is 11.6 Å². The molecule has 0 radical (unpaired) electrons. The number of nitrogens with one attached hydrogen (secondary N) is 2. The highest BCUT2D eigenvalue weighted by molar-refractivity contribution is 9.10. The molecular weight excluding hydrogens is 306 g/mol. The smallest absolute Gasteiger partial charge is 0.241 e. The quantitative estimate of drug-likeness (QED) is 0.880. The van der Waals surface area contributed by atoms with Gasteiger partial charge in [-0.3, -0.25) is 4.79 Å². The number of amides is 1. The predicted octanol–water partition coefficient (Wildman–Crippen LogP) is 2.81. The van der Waals surface area contributed by atoms with Crippen LogP contribution in [0.25, 0.3) is 0 Å². The van der Waals surface area contributed by atoms with Gasteiger partial charge in [0.05, 0.1) is 6.04 Å². The minimum absolute atomic E-state index is 0.297. The van der Waals surface area contributed by atoms with Crippen LogP contribution in [-0.4, -0.2) is 18.5 Å². The minimum Gasteiger partial charge on any atom is -0.320 e. The maximum absolute atomic E-state index is 13.5. The van der Waals surface area contributed by atoms with Gasteiger partial charge < -0.3 is 10.6 Å². The molecule has 2 rings (SSSR count). The molecule has 3 nitrogen and oxygen atoms in total. The van der Waals surface area contributed by atoms with E-state index in [1.54, 1.807) is 0 Å². The molecule has 1 heterocycles. The molecule has 1 aromatic carbocycles. The van der Waals surface area contributed by atoms with Gasteiger partial charge in [-0.05, 0) is 31.5 Å². The van der Waals surface area contributed by atoms with Crippen LogP contribution in [0.1, 0.15) is 19.3 Å². The lowest BCUT2D eigenvalue weighted by Gasteiger charge is -2.22. The van der Waals surface area contributed by atoms with E-state index in [4.69, 9.17) is 0 Å². The van der Waals surface area contributed by atoms with Crippen molar-refractivity contribution < 1.29 is 13.6 Å². The third kappa shape index (κ3) is 3.05. The van der Waals surface area contributed by atoms with Gasteiger partial charge in [0.2, 0.25) is 5.91 Å². The molecule has 18 heavy (non-hydrogen) atoms. The van der Waals surface area contributed by atoms with Crippen molar-refractivity contribution in [3.63, 3.8) is 0 Å². The van der Waals surface area contributed by atoms with Crippen molar-refractivity contribution in [3.8, 4) is 0 Å². The molecule has 0 unspecified atom stereocenters. The van der Waals surface area contributed by atoms with E-state index >= 15 is 0 Å². The summed E-state index contributed by atoms with van der Waals surface area (Å²) >= 11 is 2.98. The molecule has 0 spiro atoms. The van der Waals surface area contributed by atoms with E-state index in [0.717, 1.165) is 31.5 Å². The van der Waals surface area contributed by atoms with Gasteiger partial charge in [0.1, 0.15) is 5.69 Å². The highest BCUT2D eigenvalue weighted by Crippen LogP contribution is 2.24. The zero-order valence-corrected chi connectivity index (χ0v) is 11.2. The molecule has 1 fully saturated rings. The van der Waals surface area contributed by atoms with E-state index in [9.17, 15) is 13.6 Å². The molecule has 6 heteroatoms. The van der Waals surface area contributed by atoms with Gasteiger partial charge in [-0.2, -0.15) is 0 Å². The Kier molecular flexibility index (Phi) is 4.29. The summed E-state index contributed by atoms with van der Waals surface area (Å²) in [6, 6.07) is 1.86. The summed E-state index contributed by atoms with van der Waals surface area (Å²) < 4.78 is 27.4. The van der Waals surface area contributed by atoms with Crippen LogP contribution in [0.15, 0.2) is 16.6 Å². The number of carbonyl (C=O) groups is 1. The Morgan fingerprint density at radius 2 is 2.00 bits per heavy atom. The standard InChI is InChI=1S/C12H13BrF2N2O/c13-7-5-8(14)11(9(15)6-7)17-12(18)10-3-1-2-4-16-10/h5-6,10,16H,1-4H2,(H,17,18)/t10-/m0/s1. The Bertz CT molecular complexity index is 438. The maximum Gasteiger partial charge on any atom is 0.241 e. The lowest BCUT2D eigenvalue weighted by Crippen LogP contribution is -2.43. The fourth-order valence-electron chi connectivity index (χ4n) is 1.95. The number of halogens is 3. The van der Waals surface area contributed by atoms with E-state index in [1.165, 1.54) is 0 Å². The van der Waals surface area contributed by atoms with Gasteiger partial charge in [-0.15, -0.1) is 0 Å². The first-order valence-corrected chi connectivity index (χ1v) is 6.56. The highest BCUT2D eigenvalue weighted by atomic mass is 79.9. The average Bonchev–Trinajstić information content (AvgIpc) is 2.34. The fourth-order valence-corrected chi connectivity index (χ4v) is 2.35. The van der Waals surface area contributed by atoms with Crippen LogP contribution in [0.4, 0.5) is 14.5 Å². The number of benzene rings is 1. The molecule has 98 valence electrons. The van der Waals surface area contributed by atoms with E-state index < -0.39 is 23.2 Å². The van der Waals surface area contributed by atoms with E-state index in [0.29, 0.717) is 10.9 Å². The molecule has 2 N–H and O–H groups in total. The molecular formula is C12H13BrF2N2O. The molecule has 1 atom stereocenters. The summed E-state index contributed by atoms with van der Waals surface area (Å²) in [4.78, 5) is 11.8. The molecule has 0 saturated carbocycles. The Morgan fingerprint density at radius 1 is 1.33 bits per heavy atom. The third-order valence-corrected chi connectivity index (χ3v) is 3.34. The molecule has 1 amide bonds. The summed E-state index contributed by atoms with van der Waals surface area (Å²) in [6.07, 6.45) is 2.65. The van der Waals surface area contributed by atoms with Gasteiger partial charge >= 0.3 is 0 Å². The first-order chi connectivity index (χ1) is 8.58. The van der Waals surface area contributed by atoms with E-state index in [2.05, 4.69) is 26.6 Å². The minimum atomic E-state index is -0.786. The predicted molar refractivity (Wildman–Crippen MR) is 68.3 cm³/mol. The second kappa shape index (κ2) is 5.75. The molecule has 1 aliphatic rings. The molecule has 0 aliphatic carbocycles. The van der Waals surface area contributed by atoms with E-state index in [1.807, 2.05) is 0 Å². The number of carbonyl (C=O) groups excluding carboxylic acids is 1. The Hall–Kier alpha value is -1.01. The SMILES string of the molecule is O=C(Nc1c(F)cc(Br)cc1F)[C@@H]1CCCCN1.